The lowest BCUT2D eigenvalue weighted by Gasteiger charge is -1.75. The molecular weight excluding hydrogens is 88.1 g/mol. The third-order valence-corrected chi connectivity index (χ3v) is 0.635. The molecule has 3 N–H and O–H groups in total. The summed E-state index contributed by atoms with van der Waals surface area (Å²) in [5.41, 5.74) is 6.17. The Hall–Kier alpha value is -0.790. The van der Waals surface area contributed by atoms with E-state index in [0.29, 0.717) is 0 Å². The molecule has 40 valence electrons. The fourth-order valence-electron chi connectivity index (χ4n) is 0.276. The van der Waals surface area contributed by atoms with Crippen molar-refractivity contribution in [1.29, 1.82) is 0 Å². The molecule has 0 aliphatic heterocycles. The van der Waals surface area contributed by atoms with E-state index >= 15 is 0 Å². The second-order valence-electron chi connectivity index (χ2n) is 1.34. The molecule has 0 aromatic carbocycles. The van der Waals surface area contributed by atoms with E-state index in [1.54, 1.807) is 6.20 Å². The van der Waals surface area contributed by atoms with Crippen molar-refractivity contribution in [3.8, 4) is 0 Å². The number of rotatable bonds is 1. The molecule has 2 nitrogen and oxygen atoms in total. The molecule has 7 heavy (non-hydrogen) atoms. The van der Waals surface area contributed by atoms with Gasteiger partial charge in [-0.3, -0.25) is 4.99 Å². The molecular formula is C5H11N2+. The molecule has 0 rings (SSSR count). The monoisotopic (exact) mass is 99.1 g/mol. The van der Waals surface area contributed by atoms with E-state index in [2.05, 4.69) is 4.99 Å². The minimum Gasteiger partial charge on any atom is -0.404 e. The van der Waals surface area contributed by atoms with Crippen LogP contribution in [0.25, 0.3) is 0 Å². The maximum atomic E-state index is 5.12. The van der Waals surface area contributed by atoms with Crippen LogP contribution in [0.1, 0.15) is 6.92 Å². The summed E-state index contributed by atoms with van der Waals surface area (Å²) in [5.74, 6) is 0. The lowest BCUT2D eigenvalue weighted by Crippen LogP contribution is -2.63. The standard InChI is InChI=1S/C5H10N2/c1-5(3-6)4-7-2/h3-4H,6H2,1-2H3/p+1. The van der Waals surface area contributed by atoms with Gasteiger partial charge in [0.05, 0.1) is 0 Å². The van der Waals surface area contributed by atoms with E-state index in [1.807, 2.05) is 20.2 Å². The first-order valence-electron chi connectivity index (χ1n) is 2.20. The molecule has 0 radical (unpaired) electrons. The lowest BCUT2D eigenvalue weighted by atomic mass is 10.4. The number of nitrogens with one attached hydrogen (secondary N) is 1. The molecule has 0 spiro atoms. The molecule has 0 aliphatic carbocycles. The Kier molecular flexibility index (Phi) is 3.02. The molecule has 0 saturated carbocycles. The van der Waals surface area contributed by atoms with Gasteiger partial charge in [0.25, 0.3) is 0 Å². The van der Waals surface area contributed by atoms with Crippen LogP contribution < -0.4 is 10.7 Å². The fraction of sp³-hybridized carbons (Fsp3) is 0.400. The van der Waals surface area contributed by atoms with Crippen LogP contribution in [0.4, 0.5) is 0 Å². The Morgan fingerprint density at radius 2 is 2.29 bits per heavy atom. The van der Waals surface area contributed by atoms with Crippen molar-refractivity contribution in [3.63, 3.8) is 0 Å². The predicted octanol–water partition coefficient (Wildman–Crippen LogP) is -1.37. The molecule has 0 bridgehead atoms. The largest absolute Gasteiger partial charge is 0.404 e. The van der Waals surface area contributed by atoms with Crippen LogP contribution in [-0.4, -0.2) is 13.3 Å². The van der Waals surface area contributed by atoms with Gasteiger partial charge < -0.3 is 5.73 Å². The van der Waals surface area contributed by atoms with Crippen molar-refractivity contribution in [2.24, 2.45) is 5.73 Å². The van der Waals surface area contributed by atoms with Gasteiger partial charge in [-0.25, -0.2) is 0 Å². The van der Waals surface area contributed by atoms with Crippen LogP contribution in [0, 0.1) is 0 Å². The maximum absolute atomic E-state index is 5.12. The van der Waals surface area contributed by atoms with Gasteiger partial charge in [0.2, 0.25) is 0 Å². The smallest absolute Gasteiger partial charge is 0.165 e. The van der Waals surface area contributed by atoms with Gasteiger partial charge in [0.1, 0.15) is 7.05 Å². The van der Waals surface area contributed by atoms with E-state index in [4.69, 9.17) is 5.73 Å². The van der Waals surface area contributed by atoms with Gasteiger partial charge in [-0.15, -0.1) is 0 Å². The zero-order valence-corrected chi connectivity index (χ0v) is 4.73. The van der Waals surface area contributed by atoms with E-state index in [0.717, 1.165) is 5.57 Å². The number of hydrogen-bond acceptors (Lipinski definition) is 1. The third kappa shape index (κ3) is 3.03. The zero-order valence-electron chi connectivity index (χ0n) is 4.73. The molecule has 0 heterocycles. The Labute approximate surface area is 43.7 Å². The van der Waals surface area contributed by atoms with Crippen LogP contribution in [0.15, 0.2) is 11.8 Å². The minimum atomic E-state index is 1.04. The van der Waals surface area contributed by atoms with Crippen molar-refractivity contribution in [2.45, 2.75) is 6.92 Å². The average Bonchev–Trinajstić information content (AvgIpc) is 1.68. The van der Waals surface area contributed by atoms with Crippen molar-refractivity contribution in [1.82, 2.24) is 0 Å². The fourth-order valence-corrected chi connectivity index (χ4v) is 0.276. The van der Waals surface area contributed by atoms with Crippen molar-refractivity contribution in [3.05, 3.63) is 11.8 Å². The van der Waals surface area contributed by atoms with Crippen LogP contribution in [0.5, 0.6) is 0 Å². The van der Waals surface area contributed by atoms with Gasteiger partial charge in [0, 0.05) is 11.8 Å². The first kappa shape index (κ1) is 6.21. The summed E-state index contributed by atoms with van der Waals surface area (Å²) < 4.78 is 0. The van der Waals surface area contributed by atoms with Gasteiger partial charge in [-0.1, -0.05) is 0 Å². The SMILES string of the molecule is C[NH+]=CC(C)=CN. The van der Waals surface area contributed by atoms with Crippen molar-refractivity contribution < 1.29 is 4.99 Å². The Balaban J connectivity index is 3.58. The molecule has 0 atom stereocenters. The molecule has 0 amide bonds. The molecule has 0 fully saturated rings. The molecule has 2 heteroatoms. The highest BCUT2D eigenvalue weighted by molar-refractivity contribution is 5.72. The highest BCUT2D eigenvalue weighted by atomic mass is 14.6. The van der Waals surface area contributed by atoms with E-state index in [1.165, 1.54) is 0 Å². The summed E-state index contributed by atoms with van der Waals surface area (Å²) in [4.78, 5) is 2.85. The number of allylic oxidation sites excluding steroid dienone is 1. The predicted molar refractivity (Wildman–Crippen MR) is 30.9 cm³/mol. The maximum Gasteiger partial charge on any atom is 0.165 e. The quantitative estimate of drug-likeness (QED) is 0.391. The highest BCUT2D eigenvalue weighted by Crippen LogP contribution is 1.74. The third-order valence-electron chi connectivity index (χ3n) is 0.635. The van der Waals surface area contributed by atoms with Crippen LogP contribution in [-0.2, 0) is 0 Å². The Bertz CT molecular complexity index is 92.3. The lowest BCUT2D eigenvalue weighted by molar-refractivity contribution is -0.413. The number of nitrogens with two attached hydrogens (primary N) is 1. The highest BCUT2D eigenvalue weighted by Gasteiger charge is 1.77. The summed E-state index contributed by atoms with van der Waals surface area (Å²) in [6, 6.07) is 0. The van der Waals surface area contributed by atoms with Gasteiger partial charge >= 0.3 is 0 Å². The van der Waals surface area contributed by atoms with Crippen LogP contribution in [0.2, 0.25) is 0 Å². The second-order valence-corrected chi connectivity index (χ2v) is 1.34. The molecule has 0 aromatic rings. The average molecular weight is 99.2 g/mol. The minimum absolute atomic E-state index is 1.04. The molecule has 0 unspecified atom stereocenters. The zero-order chi connectivity index (χ0) is 5.70. The summed E-state index contributed by atoms with van der Waals surface area (Å²) in [5, 5.41) is 0. The summed E-state index contributed by atoms with van der Waals surface area (Å²) in [6.07, 6.45) is 3.39. The molecule has 0 aliphatic rings. The Morgan fingerprint density at radius 1 is 1.71 bits per heavy atom. The summed E-state index contributed by atoms with van der Waals surface area (Å²) in [6.45, 7) is 1.93. The van der Waals surface area contributed by atoms with Crippen molar-refractivity contribution in [2.75, 3.05) is 7.05 Å². The molecule has 0 saturated heterocycles. The van der Waals surface area contributed by atoms with Gasteiger partial charge in [-0.05, 0) is 6.92 Å². The van der Waals surface area contributed by atoms with E-state index in [-0.39, 0.29) is 0 Å². The van der Waals surface area contributed by atoms with E-state index in [9.17, 15) is 0 Å². The Morgan fingerprint density at radius 3 is 2.43 bits per heavy atom. The topological polar surface area (TPSA) is 40.0 Å². The van der Waals surface area contributed by atoms with Gasteiger partial charge in [-0.2, -0.15) is 0 Å². The first-order valence-corrected chi connectivity index (χ1v) is 2.20. The first-order chi connectivity index (χ1) is 3.31. The summed E-state index contributed by atoms with van der Waals surface area (Å²) in [7, 11) is 1.84. The van der Waals surface area contributed by atoms with Crippen LogP contribution in [0.3, 0.4) is 0 Å². The second kappa shape index (κ2) is 3.40. The van der Waals surface area contributed by atoms with E-state index < -0.39 is 0 Å². The summed E-state index contributed by atoms with van der Waals surface area (Å²) >= 11 is 0. The normalized spacial score (nSPS) is 13.1. The van der Waals surface area contributed by atoms with Gasteiger partial charge in [0.15, 0.2) is 6.21 Å². The number of hydrogen-bond donors (Lipinski definition) is 2. The van der Waals surface area contributed by atoms with Crippen molar-refractivity contribution >= 4 is 6.21 Å². The molecule has 0 aromatic heterocycles. The van der Waals surface area contributed by atoms with Crippen LogP contribution >= 0.6 is 0 Å².